The fraction of sp³-hybridized carbons (Fsp3) is 0.500. The molecule has 0 spiro atoms. The van der Waals surface area contributed by atoms with Gasteiger partial charge in [0.25, 0.3) is 0 Å². The predicted molar refractivity (Wildman–Crippen MR) is 104 cm³/mol. The van der Waals surface area contributed by atoms with Gasteiger partial charge in [0.15, 0.2) is 4.34 Å². The van der Waals surface area contributed by atoms with E-state index in [9.17, 15) is 4.79 Å². The first-order valence-electron chi connectivity index (χ1n) is 8.39. The van der Waals surface area contributed by atoms with E-state index in [1.165, 1.54) is 23.1 Å². The largest absolute Gasteiger partial charge is 0.383 e. The van der Waals surface area contributed by atoms with Crippen LogP contribution in [0.5, 0.6) is 0 Å². The number of anilines is 2. The van der Waals surface area contributed by atoms with Crippen molar-refractivity contribution in [1.82, 2.24) is 20.1 Å². The van der Waals surface area contributed by atoms with E-state index in [-0.39, 0.29) is 5.91 Å². The van der Waals surface area contributed by atoms with Crippen LogP contribution in [0.3, 0.4) is 0 Å². The number of nitrogens with zero attached hydrogens (tertiary/aromatic N) is 5. The monoisotopic (exact) mass is 394 g/mol. The van der Waals surface area contributed by atoms with Crippen LogP contribution in [0, 0.1) is 0 Å². The average Bonchev–Trinajstić information content (AvgIpc) is 3.15. The van der Waals surface area contributed by atoms with E-state index in [1.807, 2.05) is 23.1 Å². The Hall–Kier alpha value is -1.91. The van der Waals surface area contributed by atoms with Gasteiger partial charge in [0.2, 0.25) is 11.0 Å². The number of aromatic nitrogens is 3. The molecule has 1 amide bonds. The van der Waals surface area contributed by atoms with E-state index < -0.39 is 0 Å². The summed E-state index contributed by atoms with van der Waals surface area (Å²) in [5.74, 6) is 1.49. The van der Waals surface area contributed by atoms with Gasteiger partial charge in [0.1, 0.15) is 5.82 Å². The summed E-state index contributed by atoms with van der Waals surface area (Å²) >= 11 is 2.89. The second-order valence-corrected chi connectivity index (χ2v) is 7.84. The minimum absolute atomic E-state index is 0.139. The predicted octanol–water partition coefficient (Wildman–Crippen LogP) is 1.43. The summed E-state index contributed by atoms with van der Waals surface area (Å²) in [4.78, 5) is 20.9. The van der Waals surface area contributed by atoms with Crippen LogP contribution in [0.25, 0.3) is 0 Å². The molecule has 0 unspecified atom stereocenters. The second-order valence-electron chi connectivity index (χ2n) is 5.64. The van der Waals surface area contributed by atoms with E-state index in [4.69, 9.17) is 4.74 Å². The van der Waals surface area contributed by atoms with Crippen molar-refractivity contribution in [2.75, 3.05) is 62.4 Å². The first-order valence-corrected chi connectivity index (χ1v) is 10.2. The molecular formula is C16H22N6O2S2. The van der Waals surface area contributed by atoms with Crippen LogP contribution < -0.4 is 10.2 Å². The number of methoxy groups -OCH3 is 1. The van der Waals surface area contributed by atoms with Crippen LogP contribution >= 0.6 is 23.1 Å². The molecule has 26 heavy (non-hydrogen) atoms. The molecule has 0 bridgehead atoms. The van der Waals surface area contributed by atoms with Gasteiger partial charge in [-0.2, -0.15) is 0 Å². The second kappa shape index (κ2) is 9.70. The normalized spacial score (nSPS) is 14.5. The third-order valence-corrected chi connectivity index (χ3v) is 5.91. The summed E-state index contributed by atoms with van der Waals surface area (Å²) in [5.41, 5.74) is 0. The highest BCUT2D eigenvalue weighted by Crippen LogP contribution is 2.25. The third-order valence-electron chi connectivity index (χ3n) is 3.91. The van der Waals surface area contributed by atoms with Crippen LogP contribution in [0.15, 0.2) is 28.7 Å². The fourth-order valence-electron chi connectivity index (χ4n) is 2.54. The lowest BCUT2D eigenvalue weighted by Gasteiger charge is -2.35. The quantitative estimate of drug-likeness (QED) is 0.532. The van der Waals surface area contributed by atoms with Crippen molar-refractivity contribution in [3.8, 4) is 0 Å². The Balaban J connectivity index is 1.40. The van der Waals surface area contributed by atoms with Crippen LogP contribution in [-0.2, 0) is 9.53 Å². The smallest absolute Gasteiger partial charge is 0.233 e. The molecule has 0 atom stereocenters. The van der Waals surface area contributed by atoms with Crippen molar-refractivity contribution in [1.29, 1.82) is 0 Å². The van der Waals surface area contributed by atoms with Crippen molar-refractivity contribution < 1.29 is 9.53 Å². The summed E-state index contributed by atoms with van der Waals surface area (Å²) < 4.78 is 5.78. The number of rotatable bonds is 8. The van der Waals surface area contributed by atoms with Gasteiger partial charge in [-0.25, -0.2) is 4.98 Å². The van der Waals surface area contributed by atoms with E-state index in [2.05, 4.69) is 25.4 Å². The number of nitrogens with one attached hydrogen (secondary N) is 1. The maximum atomic E-state index is 12.4. The average molecular weight is 395 g/mol. The highest BCUT2D eigenvalue weighted by molar-refractivity contribution is 8.01. The molecule has 1 aliphatic heterocycles. The molecule has 0 aromatic carbocycles. The van der Waals surface area contributed by atoms with Crippen LogP contribution in [-0.4, -0.2) is 78.2 Å². The maximum Gasteiger partial charge on any atom is 0.233 e. The van der Waals surface area contributed by atoms with Gasteiger partial charge in [-0.3, -0.25) is 4.79 Å². The number of ether oxygens (including phenoxy) is 1. The zero-order chi connectivity index (χ0) is 18.2. The number of carbonyl (C=O) groups excluding carboxylic acids is 1. The number of hydrogen-bond acceptors (Lipinski definition) is 9. The van der Waals surface area contributed by atoms with Crippen LogP contribution in [0.1, 0.15) is 0 Å². The minimum Gasteiger partial charge on any atom is -0.383 e. The molecule has 3 rings (SSSR count). The lowest BCUT2D eigenvalue weighted by molar-refractivity contribution is -0.128. The topological polar surface area (TPSA) is 83.5 Å². The number of carbonyl (C=O) groups is 1. The number of amides is 1. The Morgan fingerprint density at radius 3 is 2.88 bits per heavy atom. The summed E-state index contributed by atoms with van der Waals surface area (Å²) in [6.45, 7) is 4.35. The van der Waals surface area contributed by atoms with Gasteiger partial charge in [0.05, 0.1) is 12.4 Å². The Labute approximate surface area is 161 Å². The maximum absolute atomic E-state index is 12.4. The molecule has 140 valence electrons. The highest BCUT2D eigenvalue weighted by atomic mass is 32.2. The first-order chi connectivity index (χ1) is 12.8. The van der Waals surface area contributed by atoms with Crippen molar-refractivity contribution in [2.45, 2.75) is 4.34 Å². The van der Waals surface area contributed by atoms with Crippen LogP contribution in [0.4, 0.5) is 10.9 Å². The van der Waals surface area contributed by atoms with Crippen molar-refractivity contribution >= 4 is 40.0 Å². The zero-order valence-corrected chi connectivity index (χ0v) is 16.3. The Morgan fingerprint density at radius 2 is 2.15 bits per heavy atom. The molecule has 1 N–H and O–H groups in total. The number of pyridine rings is 1. The molecule has 10 heteroatoms. The van der Waals surface area contributed by atoms with Gasteiger partial charge in [0, 0.05) is 46.0 Å². The molecule has 1 aliphatic rings. The molecule has 1 saturated heterocycles. The van der Waals surface area contributed by atoms with Crippen molar-refractivity contribution in [3.05, 3.63) is 24.4 Å². The van der Waals surface area contributed by atoms with Gasteiger partial charge in [-0.15, -0.1) is 10.2 Å². The van der Waals surface area contributed by atoms with E-state index in [1.54, 1.807) is 13.3 Å². The number of piperazine rings is 1. The molecule has 3 heterocycles. The van der Waals surface area contributed by atoms with Crippen LogP contribution in [0.2, 0.25) is 0 Å². The standard InChI is InChI=1S/C16H22N6O2S2/c1-24-11-6-18-15-19-20-16(26-15)25-12-14(23)22-9-7-21(8-10-22)13-4-2-3-5-17-13/h2-5H,6-12H2,1H3,(H,18,19). The van der Waals surface area contributed by atoms with E-state index in [0.717, 1.165) is 41.5 Å². The van der Waals surface area contributed by atoms with E-state index in [0.29, 0.717) is 18.9 Å². The van der Waals surface area contributed by atoms with Gasteiger partial charge >= 0.3 is 0 Å². The lowest BCUT2D eigenvalue weighted by Crippen LogP contribution is -2.49. The molecule has 1 fully saturated rings. The Kier molecular flexibility index (Phi) is 7.04. The fourth-order valence-corrected chi connectivity index (χ4v) is 4.22. The summed E-state index contributed by atoms with van der Waals surface area (Å²) in [5, 5.41) is 12.1. The summed E-state index contributed by atoms with van der Waals surface area (Å²) in [6.07, 6.45) is 1.80. The molecule has 0 radical (unpaired) electrons. The van der Waals surface area contributed by atoms with Gasteiger partial charge in [-0.05, 0) is 12.1 Å². The van der Waals surface area contributed by atoms with Crippen molar-refractivity contribution in [3.63, 3.8) is 0 Å². The first kappa shape index (κ1) is 18.9. The number of thioether (sulfide) groups is 1. The molecule has 0 saturated carbocycles. The Morgan fingerprint density at radius 1 is 1.31 bits per heavy atom. The highest BCUT2D eigenvalue weighted by Gasteiger charge is 2.22. The zero-order valence-electron chi connectivity index (χ0n) is 14.6. The Bertz CT molecular complexity index is 691. The minimum atomic E-state index is 0.139. The molecule has 0 aliphatic carbocycles. The van der Waals surface area contributed by atoms with E-state index >= 15 is 0 Å². The van der Waals surface area contributed by atoms with Gasteiger partial charge < -0.3 is 19.9 Å². The SMILES string of the molecule is COCCNc1nnc(SCC(=O)N2CCN(c3ccccn3)CC2)s1. The molecular weight excluding hydrogens is 372 g/mol. The van der Waals surface area contributed by atoms with Crippen molar-refractivity contribution in [2.24, 2.45) is 0 Å². The summed E-state index contributed by atoms with van der Waals surface area (Å²) in [6, 6.07) is 5.89. The third kappa shape index (κ3) is 5.29. The molecule has 8 nitrogen and oxygen atoms in total. The summed E-state index contributed by atoms with van der Waals surface area (Å²) in [7, 11) is 1.66. The van der Waals surface area contributed by atoms with Gasteiger partial charge in [-0.1, -0.05) is 29.2 Å². The lowest BCUT2D eigenvalue weighted by atomic mass is 10.3. The molecule has 2 aromatic rings. The molecule has 2 aromatic heterocycles. The number of hydrogen-bond donors (Lipinski definition) is 1.